The van der Waals surface area contributed by atoms with Crippen LogP contribution in [0.3, 0.4) is 0 Å². The Balaban J connectivity index is 1.51. The van der Waals surface area contributed by atoms with Crippen LogP contribution in [0.5, 0.6) is 0 Å². The molecule has 0 atom stereocenters. The molecular formula is C20H25N5O2. The number of fused-ring (bicyclic) bond motifs is 1. The van der Waals surface area contributed by atoms with Crippen LogP contribution in [0.4, 0.5) is 5.82 Å². The monoisotopic (exact) mass is 367 g/mol. The Morgan fingerprint density at radius 3 is 2.63 bits per heavy atom. The number of anilines is 1. The molecule has 2 aromatic heterocycles. The van der Waals surface area contributed by atoms with Crippen molar-refractivity contribution in [3.8, 4) is 0 Å². The van der Waals surface area contributed by atoms with Crippen LogP contribution in [0.1, 0.15) is 34.2 Å². The number of carbonyl (C=O) groups is 1. The fraction of sp³-hybridized carbons (Fsp3) is 0.500. The fourth-order valence-corrected chi connectivity index (χ4v) is 3.70. The Morgan fingerprint density at radius 2 is 1.89 bits per heavy atom. The van der Waals surface area contributed by atoms with Crippen LogP contribution >= 0.6 is 0 Å². The van der Waals surface area contributed by atoms with Crippen molar-refractivity contribution in [1.29, 1.82) is 0 Å². The lowest BCUT2D eigenvalue weighted by atomic mass is 10.1. The number of hydrogen-bond donors (Lipinski definition) is 0. The number of ether oxygens (including phenoxy) is 1. The minimum Gasteiger partial charge on any atom is -0.378 e. The van der Waals surface area contributed by atoms with Gasteiger partial charge in [-0.2, -0.15) is 0 Å². The molecule has 0 radical (unpaired) electrons. The van der Waals surface area contributed by atoms with E-state index in [2.05, 4.69) is 26.8 Å². The number of morpholine rings is 1. The summed E-state index contributed by atoms with van der Waals surface area (Å²) in [5.41, 5.74) is 3.88. The van der Waals surface area contributed by atoms with E-state index in [1.54, 1.807) is 12.5 Å². The normalized spacial score (nSPS) is 17.4. The van der Waals surface area contributed by atoms with Crippen molar-refractivity contribution in [1.82, 2.24) is 19.9 Å². The summed E-state index contributed by atoms with van der Waals surface area (Å²) in [4.78, 5) is 30.5. The van der Waals surface area contributed by atoms with E-state index in [0.717, 1.165) is 62.8 Å². The van der Waals surface area contributed by atoms with Gasteiger partial charge in [0.15, 0.2) is 0 Å². The molecule has 7 heteroatoms. The second kappa shape index (κ2) is 8.00. The quantitative estimate of drug-likeness (QED) is 0.819. The zero-order chi connectivity index (χ0) is 18.6. The number of pyridine rings is 1. The summed E-state index contributed by atoms with van der Waals surface area (Å²) in [5, 5.41) is 0. The average Bonchev–Trinajstić information content (AvgIpc) is 2.96. The van der Waals surface area contributed by atoms with Crippen molar-refractivity contribution in [2.24, 2.45) is 0 Å². The van der Waals surface area contributed by atoms with E-state index in [9.17, 15) is 4.79 Å². The van der Waals surface area contributed by atoms with Gasteiger partial charge in [0.05, 0.1) is 24.5 Å². The highest BCUT2D eigenvalue weighted by atomic mass is 16.5. The molecule has 2 aliphatic rings. The molecule has 1 amide bonds. The second-order valence-electron chi connectivity index (χ2n) is 6.91. The third kappa shape index (κ3) is 3.78. The van der Waals surface area contributed by atoms with Gasteiger partial charge < -0.3 is 14.5 Å². The molecule has 0 bridgehead atoms. The van der Waals surface area contributed by atoms with E-state index in [0.29, 0.717) is 18.7 Å². The predicted octanol–water partition coefficient (Wildman–Crippen LogP) is 1.51. The summed E-state index contributed by atoms with van der Waals surface area (Å²) in [6, 6.07) is 3.81. The van der Waals surface area contributed by atoms with E-state index in [4.69, 9.17) is 4.74 Å². The lowest BCUT2D eigenvalue weighted by molar-refractivity contribution is 0.0762. The van der Waals surface area contributed by atoms with Crippen LogP contribution in [0, 0.1) is 0 Å². The van der Waals surface area contributed by atoms with E-state index in [1.807, 2.05) is 17.0 Å². The smallest absolute Gasteiger partial charge is 0.255 e. The third-order valence-corrected chi connectivity index (χ3v) is 5.29. The first-order valence-electron chi connectivity index (χ1n) is 9.66. The Kier molecular flexibility index (Phi) is 5.29. The Morgan fingerprint density at radius 1 is 1.07 bits per heavy atom. The molecule has 142 valence electrons. The minimum absolute atomic E-state index is 0.0406. The molecule has 0 aromatic carbocycles. The molecule has 0 saturated carbocycles. The fourth-order valence-electron chi connectivity index (χ4n) is 3.70. The Bertz CT molecular complexity index is 803. The van der Waals surface area contributed by atoms with Crippen LogP contribution in [0.15, 0.2) is 24.7 Å². The number of hydrogen-bond acceptors (Lipinski definition) is 6. The maximum absolute atomic E-state index is 12.9. The van der Waals surface area contributed by atoms with E-state index in [1.165, 1.54) is 5.56 Å². The number of aryl methyl sites for hydroxylation is 1. The van der Waals surface area contributed by atoms with E-state index in [-0.39, 0.29) is 5.91 Å². The lowest BCUT2D eigenvalue weighted by Gasteiger charge is -2.29. The van der Waals surface area contributed by atoms with E-state index < -0.39 is 0 Å². The number of aromatic nitrogens is 3. The highest BCUT2D eigenvalue weighted by Crippen LogP contribution is 2.25. The van der Waals surface area contributed by atoms with Crippen molar-refractivity contribution in [3.63, 3.8) is 0 Å². The van der Waals surface area contributed by atoms with Crippen molar-refractivity contribution >= 4 is 11.7 Å². The van der Waals surface area contributed by atoms with Gasteiger partial charge in [0.25, 0.3) is 5.91 Å². The molecule has 0 N–H and O–H groups in total. The number of carbonyl (C=O) groups excluding carboxylic acids is 1. The summed E-state index contributed by atoms with van der Waals surface area (Å²) >= 11 is 0. The molecular weight excluding hydrogens is 342 g/mol. The van der Waals surface area contributed by atoms with Gasteiger partial charge in [-0.15, -0.1) is 0 Å². The number of rotatable bonds is 3. The van der Waals surface area contributed by atoms with Gasteiger partial charge >= 0.3 is 0 Å². The Hall–Kier alpha value is -2.54. The molecule has 4 rings (SSSR count). The first-order chi connectivity index (χ1) is 13.3. The van der Waals surface area contributed by atoms with Crippen LogP contribution in [-0.4, -0.2) is 65.2 Å². The minimum atomic E-state index is 0.0406. The molecule has 7 nitrogen and oxygen atoms in total. The summed E-state index contributed by atoms with van der Waals surface area (Å²) in [6.45, 7) is 6.55. The van der Waals surface area contributed by atoms with Crippen LogP contribution in [0.2, 0.25) is 0 Å². The largest absolute Gasteiger partial charge is 0.378 e. The topological polar surface area (TPSA) is 71.5 Å². The molecule has 0 unspecified atom stereocenters. The van der Waals surface area contributed by atoms with Crippen molar-refractivity contribution < 1.29 is 9.53 Å². The summed E-state index contributed by atoms with van der Waals surface area (Å²) in [6.07, 6.45) is 5.74. The summed E-state index contributed by atoms with van der Waals surface area (Å²) in [5.74, 6) is 1.05. The average molecular weight is 367 g/mol. The third-order valence-electron chi connectivity index (χ3n) is 5.29. The van der Waals surface area contributed by atoms with Gasteiger partial charge in [-0.05, 0) is 25.0 Å². The molecule has 1 fully saturated rings. The van der Waals surface area contributed by atoms with Gasteiger partial charge in [-0.3, -0.25) is 9.78 Å². The molecule has 0 aliphatic carbocycles. The van der Waals surface area contributed by atoms with Crippen LogP contribution < -0.4 is 4.90 Å². The van der Waals surface area contributed by atoms with Crippen molar-refractivity contribution in [2.75, 3.05) is 44.3 Å². The maximum Gasteiger partial charge on any atom is 0.255 e. The SMILES string of the molecule is CCc1ccc(C(=O)N2CCc3ncnc(N4CCOCC4)c3CC2)cn1. The zero-order valence-corrected chi connectivity index (χ0v) is 15.7. The van der Waals surface area contributed by atoms with Gasteiger partial charge in [0.1, 0.15) is 12.1 Å². The van der Waals surface area contributed by atoms with Crippen molar-refractivity contribution in [3.05, 3.63) is 47.2 Å². The molecule has 27 heavy (non-hydrogen) atoms. The Labute approximate surface area is 159 Å². The van der Waals surface area contributed by atoms with Crippen LogP contribution in [0.25, 0.3) is 0 Å². The van der Waals surface area contributed by atoms with E-state index >= 15 is 0 Å². The molecule has 0 spiro atoms. The molecule has 2 aromatic rings. The number of amides is 1. The van der Waals surface area contributed by atoms with Crippen molar-refractivity contribution in [2.45, 2.75) is 26.2 Å². The summed E-state index contributed by atoms with van der Waals surface area (Å²) < 4.78 is 5.46. The standard InChI is InChI=1S/C20H25N5O2/c1-2-16-4-3-15(13-21-16)20(26)25-7-5-17-18(6-8-25)22-14-23-19(17)24-9-11-27-12-10-24/h3-4,13-14H,2,5-12H2,1H3. The first kappa shape index (κ1) is 17.9. The highest BCUT2D eigenvalue weighted by molar-refractivity contribution is 5.94. The zero-order valence-electron chi connectivity index (χ0n) is 15.7. The van der Waals surface area contributed by atoms with Gasteiger partial charge in [-0.25, -0.2) is 9.97 Å². The lowest BCUT2D eigenvalue weighted by Crippen LogP contribution is -2.37. The molecule has 1 saturated heterocycles. The van der Waals surface area contributed by atoms with Crippen LogP contribution in [-0.2, 0) is 24.0 Å². The van der Waals surface area contributed by atoms with Gasteiger partial charge in [-0.1, -0.05) is 6.92 Å². The maximum atomic E-state index is 12.9. The molecule has 4 heterocycles. The second-order valence-corrected chi connectivity index (χ2v) is 6.91. The van der Waals surface area contributed by atoms with Gasteiger partial charge in [0.2, 0.25) is 0 Å². The summed E-state index contributed by atoms with van der Waals surface area (Å²) in [7, 11) is 0. The van der Waals surface area contributed by atoms with Gasteiger partial charge in [0, 0.05) is 50.1 Å². The molecule has 2 aliphatic heterocycles. The number of nitrogens with zero attached hydrogens (tertiary/aromatic N) is 5. The highest BCUT2D eigenvalue weighted by Gasteiger charge is 2.25. The first-order valence-corrected chi connectivity index (χ1v) is 9.66. The predicted molar refractivity (Wildman–Crippen MR) is 102 cm³/mol.